The maximum Gasteiger partial charge on any atom is 0.384 e. The van der Waals surface area contributed by atoms with E-state index in [1.54, 1.807) is 0 Å². The van der Waals surface area contributed by atoms with Gasteiger partial charge in [0, 0.05) is 11.8 Å². The number of halogens is 3. The highest BCUT2D eigenvalue weighted by molar-refractivity contribution is 6.67. The van der Waals surface area contributed by atoms with Crippen LogP contribution in [0, 0.1) is 34.0 Å². The summed E-state index contributed by atoms with van der Waals surface area (Å²) in [4.78, 5) is 23.4. The first-order chi connectivity index (χ1) is 9.68. The summed E-state index contributed by atoms with van der Waals surface area (Å²) < 4.78 is 3.01. The number of carboxylic acid groups (broad SMARTS) is 1. The van der Waals surface area contributed by atoms with Crippen LogP contribution in [0.15, 0.2) is 0 Å². The third-order valence-corrected chi connectivity index (χ3v) is 4.62. The number of carboxylic acids is 1. The quantitative estimate of drug-likeness (QED) is 0.349. The van der Waals surface area contributed by atoms with Crippen molar-refractivity contribution in [1.82, 2.24) is 0 Å². The summed E-state index contributed by atoms with van der Waals surface area (Å²) in [6, 6.07) is 0. The molecule has 0 saturated heterocycles. The first-order valence-corrected chi connectivity index (χ1v) is 7.80. The molecule has 0 aromatic rings. The molecule has 4 nitrogen and oxygen atoms in total. The molecule has 124 valence electrons. The highest BCUT2D eigenvalue weighted by Crippen LogP contribution is 2.75. The minimum atomic E-state index is -1.70. The second kappa shape index (κ2) is 5.78. The fourth-order valence-corrected chi connectivity index (χ4v) is 3.65. The van der Waals surface area contributed by atoms with Gasteiger partial charge in [0.05, 0.1) is 5.41 Å². The Bertz CT molecular complexity index is 546. The van der Waals surface area contributed by atoms with Crippen molar-refractivity contribution in [2.45, 2.75) is 38.4 Å². The molecule has 0 radical (unpaired) electrons. The van der Waals surface area contributed by atoms with E-state index in [9.17, 15) is 14.7 Å². The molecule has 1 aliphatic rings. The summed E-state index contributed by atoms with van der Waals surface area (Å²) in [5.74, 6) is 2.81. The zero-order chi connectivity index (χ0) is 17.6. The van der Waals surface area contributed by atoms with Crippen LogP contribution < -0.4 is 0 Å². The van der Waals surface area contributed by atoms with Crippen LogP contribution in [0.3, 0.4) is 0 Å². The van der Waals surface area contributed by atoms with E-state index in [2.05, 4.69) is 11.8 Å². The highest BCUT2D eigenvalue weighted by atomic mass is 35.6. The fourth-order valence-electron chi connectivity index (χ4n) is 3.49. The van der Waals surface area contributed by atoms with Gasteiger partial charge in [-0.1, -0.05) is 75.3 Å². The average Bonchev–Trinajstić information content (AvgIpc) is 2.80. The monoisotopic (exact) mass is 368 g/mol. The van der Waals surface area contributed by atoms with Crippen molar-refractivity contribution in [3.63, 3.8) is 0 Å². The van der Waals surface area contributed by atoms with Crippen LogP contribution in [0.2, 0.25) is 0 Å². The van der Waals surface area contributed by atoms with Gasteiger partial charge in [0.15, 0.2) is 0 Å². The van der Waals surface area contributed by atoms with Crippen LogP contribution in [0.4, 0.5) is 0 Å². The van der Waals surface area contributed by atoms with Crippen molar-refractivity contribution in [3.05, 3.63) is 0 Å². The molecule has 22 heavy (non-hydrogen) atoms. The molecule has 1 rings (SSSR count). The maximum absolute atomic E-state index is 11.8. The van der Waals surface area contributed by atoms with Gasteiger partial charge in [0.2, 0.25) is 3.79 Å². The number of ether oxygens (including phenoxy) is 1. The van der Waals surface area contributed by atoms with E-state index < -0.39 is 44.5 Å². The van der Waals surface area contributed by atoms with Crippen molar-refractivity contribution >= 4 is 46.7 Å². The Labute approximate surface area is 145 Å². The Morgan fingerprint density at radius 2 is 1.73 bits per heavy atom. The van der Waals surface area contributed by atoms with Crippen LogP contribution in [0.5, 0.6) is 0 Å². The van der Waals surface area contributed by atoms with Crippen LogP contribution in [-0.4, -0.2) is 27.4 Å². The lowest BCUT2D eigenvalue weighted by atomic mass is 9.72. The Hall–Kier alpha value is -0.630. The smallest absolute Gasteiger partial charge is 0.384 e. The topological polar surface area (TPSA) is 63.6 Å². The summed E-state index contributed by atoms with van der Waals surface area (Å²) in [6.45, 7) is 8.81. The predicted octanol–water partition coefficient (Wildman–Crippen LogP) is 3.68. The van der Waals surface area contributed by atoms with E-state index >= 15 is 0 Å². The molecular formula is C15H19Cl3O4. The first kappa shape index (κ1) is 19.4. The van der Waals surface area contributed by atoms with Gasteiger partial charge in [0.25, 0.3) is 0 Å². The van der Waals surface area contributed by atoms with Gasteiger partial charge < -0.3 is 9.84 Å². The Balaban J connectivity index is 2.95. The fraction of sp³-hybridized carbons (Fsp3) is 0.733. The Morgan fingerprint density at radius 1 is 1.23 bits per heavy atom. The number of rotatable bonds is 2. The van der Waals surface area contributed by atoms with Gasteiger partial charge in [0.1, 0.15) is 6.61 Å². The summed E-state index contributed by atoms with van der Waals surface area (Å²) in [7, 11) is 0. The number of aliphatic carboxylic acids is 1. The minimum Gasteiger partial charge on any atom is -0.481 e. The third kappa shape index (κ3) is 3.32. The zero-order valence-corrected chi connectivity index (χ0v) is 15.4. The molecule has 0 spiro atoms. The van der Waals surface area contributed by atoms with Gasteiger partial charge in [-0.3, -0.25) is 4.79 Å². The molecule has 0 amide bonds. The number of esters is 1. The molecule has 2 atom stereocenters. The molecule has 0 aromatic carbocycles. The lowest BCUT2D eigenvalue weighted by Crippen LogP contribution is -2.35. The van der Waals surface area contributed by atoms with Gasteiger partial charge >= 0.3 is 11.9 Å². The van der Waals surface area contributed by atoms with E-state index in [1.165, 1.54) is 0 Å². The van der Waals surface area contributed by atoms with Crippen LogP contribution >= 0.6 is 34.8 Å². The molecule has 1 aliphatic carbocycles. The van der Waals surface area contributed by atoms with Crippen LogP contribution in [0.25, 0.3) is 0 Å². The normalized spacial score (nSPS) is 26.6. The molecule has 1 fully saturated rings. The standard InChI is InChI=1S/C15H19Cl3O4/c1-12(2,3)15(11(20)21)9(13(15,4)5)6-7-10(19)22-8-14(16,17)18/h9H,8H2,1-5H3,(H,20,21)/t9-,15+/m0/s1. The predicted molar refractivity (Wildman–Crippen MR) is 85.8 cm³/mol. The summed E-state index contributed by atoms with van der Waals surface area (Å²) in [5, 5.41) is 9.68. The van der Waals surface area contributed by atoms with E-state index in [0.29, 0.717) is 0 Å². The molecule has 0 bridgehead atoms. The average molecular weight is 370 g/mol. The number of alkyl halides is 3. The number of carbonyl (C=O) groups is 2. The van der Waals surface area contributed by atoms with E-state index in [-0.39, 0.29) is 0 Å². The third-order valence-electron chi connectivity index (χ3n) is 4.29. The van der Waals surface area contributed by atoms with Crippen molar-refractivity contribution < 1.29 is 19.4 Å². The molecule has 1 N–H and O–H groups in total. The molecule has 0 aliphatic heterocycles. The zero-order valence-electron chi connectivity index (χ0n) is 13.1. The largest absolute Gasteiger partial charge is 0.481 e. The van der Waals surface area contributed by atoms with Gasteiger partial charge in [-0.15, -0.1) is 0 Å². The highest BCUT2D eigenvalue weighted by Gasteiger charge is 2.80. The Morgan fingerprint density at radius 3 is 2.05 bits per heavy atom. The van der Waals surface area contributed by atoms with Gasteiger partial charge in [-0.2, -0.15) is 0 Å². The molecule has 0 heterocycles. The lowest BCUT2D eigenvalue weighted by Gasteiger charge is -2.30. The SMILES string of the molecule is CC(C)(C)[C@]1(C(=O)O)[C@@H](C#CC(=O)OCC(Cl)(Cl)Cl)C1(C)C. The molecule has 0 unspecified atom stereocenters. The van der Waals surface area contributed by atoms with E-state index in [0.717, 1.165) is 0 Å². The minimum absolute atomic E-state index is 0.414. The van der Waals surface area contributed by atoms with Crippen LogP contribution in [0.1, 0.15) is 34.6 Å². The van der Waals surface area contributed by atoms with Gasteiger partial charge in [-0.05, 0) is 10.8 Å². The number of carbonyl (C=O) groups excluding carboxylic acids is 1. The van der Waals surface area contributed by atoms with Gasteiger partial charge in [-0.25, -0.2) is 4.79 Å². The number of hydrogen-bond donors (Lipinski definition) is 1. The van der Waals surface area contributed by atoms with Crippen molar-refractivity contribution in [1.29, 1.82) is 0 Å². The molecule has 1 saturated carbocycles. The maximum atomic E-state index is 11.8. The molecular weight excluding hydrogens is 351 g/mol. The van der Waals surface area contributed by atoms with Crippen LogP contribution in [-0.2, 0) is 14.3 Å². The summed E-state index contributed by atoms with van der Waals surface area (Å²) in [5.41, 5.74) is -2.09. The summed E-state index contributed by atoms with van der Waals surface area (Å²) >= 11 is 16.4. The first-order valence-electron chi connectivity index (χ1n) is 6.66. The molecule has 7 heteroatoms. The second-order valence-electron chi connectivity index (χ2n) is 6.98. The van der Waals surface area contributed by atoms with Crippen molar-refractivity contribution in [3.8, 4) is 11.8 Å². The summed E-state index contributed by atoms with van der Waals surface area (Å²) in [6.07, 6.45) is 0. The Kier molecular flexibility index (Phi) is 5.10. The van der Waals surface area contributed by atoms with E-state index in [1.807, 2.05) is 34.6 Å². The molecule has 0 aromatic heterocycles. The second-order valence-corrected chi connectivity index (χ2v) is 9.49. The van der Waals surface area contributed by atoms with Crippen molar-refractivity contribution in [2.75, 3.05) is 6.61 Å². The lowest BCUT2D eigenvalue weighted by molar-refractivity contribution is -0.150. The van der Waals surface area contributed by atoms with E-state index in [4.69, 9.17) is 39.5 Å². The number of hydrogen-bond acceptors (Lipinski definition) is 3. The van der Waals surface area contributed by atoms with Crippen molar-refractivity contribution in [2.24, 2.45) is 22.2 Å².